The summed E-state index contributed by atoms with van der Waals surface area (Å²) in [6, 6.07) is 0. The minimum absolute atomic E-state index is 0.173. The summed E-state index contributed by atoms with van der Waals surface area (Å²) in [6.45, 7) is 6.30. The van der Waals surface area contributed by atoms with Crippen LogP contribution in [0.15, 0.2) is 0 Å². The van der Waals surface area contributed by atoms with E-state index in [4.69, 9.17) is 5.11 Å². The van der Waals surface area contributed by atoms with Gasteiger partial charge in [-0.1, -0.05) is 96.8 Å². The van der Waals surface area contributed by atoms with Crippen LogP contribution in [0.1, 0.15) is 150 Å². The Bertz CT molecular complexity index is 690. The van der Waals surface area contributed by atoms with Gasteiger partial charge in [-0.25, -0.2) is 0 Å². The Morgan fingerprint density at radius 3 is 1.61 bits per heavy atom. The van der Waals surface area contributed by atoms with Crippen LogP contribution in [-0.4, -0.2) is 21.4 Å². The highest BCUT2D eigenvalue weighted by atomic mass is 16.4. The van der Waals surface area contributed by atoms with Gasteiger partial charge in [0, 0.05) is 36.8 Å². The van der Waals surface area contributed by atoms with Gasteiger partial charge < -0.3 is 9.67 Å². The molecule has 1 rings (SSSR count). The number of unbranched alkanes of at least 4 members (excludes halogenated alkanes) is 14. The van der Waals surface area contributed by atoms with E-state index < -0.39 is 5.97 Å². The number of carbonyl (C=O) groups excluding carboxylic acids is 1. The fourth-order valence-electron chi connectivity index (χ4n) is 4.99. The van der Waals surface area contributed by atoms with Crippen molar-refractivity contribution in [2.45, 2.75) is 143 Å². The van der Waals surface area contributed by atoms with E-state index in [1.54, 1.807) is 0 Å². The third kappa shape index (κ3) is 11.9. The van der Waals surface area contributed by atoms with Gasteiger partial charge in [0.2, 0.25) is 0 Å². The van der Waals surface area contributed by atoms with Gasteiger partial charge in [0.15, 0.2) is 5.78 Å². The largest absolute Gasteiger partial charge is 0.481 e. The van der Waals surface area contributed by atoms with E-state index in [2.05, 4.69) is 11.5 Å². The maximum atomic E-state index is 12.9. The van der Waals surface area contributed by atoms with Crippen LogP contribution in [0.25, 0.3) is 0 Å². The standard InChI is InChI=1S/C29H51NO3/c1-5-6-7-8-9-10-11-12-13-14-15-16-17-18-19-22-27(31)29-24(2)26(30(4)25(29)3)21-20-23-28(32)33/h5-23H2,1-4H3,(H,32,33). The SMILES string of the molecule is CCCCCCCCCCCCCCCCCC(=O)c1c(C)c(CCCC(=O)O)n(C)c1C. The van der Waals surface area contributed by atoms with Gasteiger partial charge in [-0.15, -0.1) is 0 Å². The lowest BCUT2D eigenvalue weighted by Gasteiger charge is -2.05. The van der Waals surface area contributed by atoms with E-state index in [9.17, 15) is 9.59 Å². The number of nitrogens with zero attached hydrogens (tertiary/aromatic N) is 1. The number of hydrogen-bond donors (Lipinski definition) is 1. The zero-order valence-electron chi connectivity index (χ0n) is 22.1. The number of carboxylic acid groups (broad SMARTS) is 1. The van der Waals surface area contributed by atoms with Crippen LogP contribution in [-0.2, 0) is 18.3 Å². The maximum absolute atomic E-state index is 12.9. The highest BCUT2D eigenvalue weighted by Crippen LogP contribution is 2.25. The molecule has 1 N–H and O–H groups in total. The molecule has 1 aromatic rings. The van der Waals surface area contributed by atoms with Crippen molar-refractivity contribution in [3.8, 4) is 0 Å². The summed E-state index contributed by atoms with van der Waals surface area (Å²) in [5.41, 5.74) is 4.04. The Morgan fingerprint density at radius 1 is 0.697 bits per heavy atom. The molecule has 190 valence electrons. The van der Waals surface area contributed by atoms with Crippen molar-refractivity contribution >= 4 is 11.8 Å². The second-order valence-electron chi connectivity index (χ2n) is 9.96. The van der Waals surface area contributed by atoms with Crippen molar-refractivity contribution in [2.24, 2.45) is 7.05 Å². The molecule has 0 saturated heterocycles. The Balaban J connectivity index is 2.14. The summed E-state index contributed by atoms with van der Waals surface area (Å²) >= 11 is 0. The first kappa shape index (κ1) is 29.5. The summed E-state index contributed by atoms with van der Waals surface area (Å²) in [4.78, 5) is 23.7. The van der Waals surface area contributed by atoms with Crippen molar-refractivity contribution in [3.63, 3.8) is 0 Å². The second kappa shape index (κ2) is 17.8. The van der Waals surface area contributed by atoms with Gasteiger partial charge in [0.25, 0.3) is 0 Å². The van der Waals surface area contributed by atoms with Crippen LogP contribution in [0.2, 0.25) is 0 Å². The molecule has 0 saturated carbocycles. The number of Topliss-reactive ketones (excluding diaryl/α,β-unsaturated/α-hetero) is 1. The molecule has 4 heteroatoms. The lowest BCUT2D eigenvalue weighted by molar-refractivity contribution is -0.137. The molecule has 33 heavy (non-hydrogen) atoms. The summed E-state index contributed by atoms with van der Waals surface area (Å²) in [7, 11) is 1.99. The minimum atomic E-state index is -0.761. The molecule has 4 nitrogen and oxygen atoms in total. The van der Waals surface area contributed by atoms with Crippen molar-refractivity contribution in [3.05, 3.63) is 22.5 Å². The molecule has 0 spiro atoms. The molecule has 0 amide bonds. The summed E-state index contributed by atoms with van der Waals surface area (Å²) in [5.74, 6) is -0.511. The molecule has 0 aromatic carbocycles. The highest BCUT2D eigenvalue weighted by molar-refractivity contribution is 5.99. The number of ketones is 1. The first-order valence-electron chi connectivity index (χ1n) is 13.8. The zero-order chi connectivity index (χ0) is 24.5. The Morgan fingerprint density at radius 2 is 1.15 bits per heavy atom. The molecular weight excluding hydrogens is 410 g/mol. The van der Waals surface area contributed by atoms with Crippen LogP contribution in [0.5, 0.6) is 0 Å². The lowest BCUT2D eigenvalue weighted by Crippen LogP contribution is -2.03. The smallest absolute Gasteiger partial charge is 0.303 e. The number of hydrogen-bond acceptors (Lipinski definition) is 2. The van der Waals surface area contributed by atoms with Crippen molar-refractivity contribution < 1.29 is 14.7 Å². The van der Waals surface area contributed by atoms with Gasteiger partial charge in [0.05, 0.1) is 0 Å². The molecule has 0 aliphatic rings. The first-order chi connectivity index (χ1) is 15.9. The predicted molar refractivity (Wildman–Crippen MR) is 139 cm³/mol. The number of aliphatic carboxylic acids is 1. The minimum Gasteiger partial charge on any atom is -0.481 e. The topological polar surface area (TPSA) is 59.3 Å². The molecule has 0 aliphatic carbocycles. The maximum Gasteiger partial charge on any atom is 0.303 e. The van der Waals surface area contributed by atoms with Crippen molar-refractivity contribution in [1.29, 1.82) is 0 Å². The normalized spacial score (nSPS) is 11.3. The summed E-state index contributed by atoms with van der Waals surface area (Å²) in [6.07, 6.45) is 22.1. The Hall–Kier alpha value is -1.58. The first-order valence-corrected chi connectivity index (χ1v) is 13.8. The van der Waals surface area contributed by atoms with Crippen molar-refractivity contribution in [2.75, 3.05) is 0 Å². The average Bonchev–Trinajstić information content (AvgIpc) is 2.99. The molecular formula is C29H51NO3. The number of carbonyl (C=O) groups is 2. The van der Waals surface area contributed by atoms with Gasteiger partial charge >= 0.3 is 5.97 Å². The van der Waals surface area contributed by atoms with E-state index >= 15 is 0 Å². The molecule has 0 atom stereocenters. The Kier molecular flexibility index (Phi) is 15.9. The molecule has 0 aliphatic heterocycles. The van der Waals surface area contributed by atoms with E-state index in [-0.39, 0.29) is 12.2 Å². The van der Waals surface area contributed by atoms with Crippen molar-refractivity contribution in [1.82, 2.24) is 4.57 Å². The van der Waals surface area contributed by atoms with E-state index in [1.807, 2.05) is 20.9 Å². The number of carboxylic acids is 1. The molecule has 0 fully saturated rings. The predicted octanol–water partition coefficient (Wildman–Crippen LogP) is 8.49. The Labute approximate surface area is 203 Å². The van der Waals surface area contributed by atoms with Crippen LogP contribution in [0, 0.1) is 13.8 Å². The third-order valence-corrected chi connectivity index (χ3v) is 7.17. The van der Waals surface area contributed by atoms with Gasteiger partial charge in [-0.3, -0.25) is 9.59 Å². The molecule has 0 bridgehead atoms. The molecule has 0 radical (unpaired) electrons. The average molecular weight is 462 g/mol. The van der Waals surface area contributed by atoms with Crippen LogP contribution < -0.4 is 0 Å². The van der Waals surface area contributed by atoms with E-state index in [1.165, 1.54) is 83.5 Å². The van der Waals surface area contributed by atoms with E-state index in [0.29, 0.717) is 19.3 Å². The zero-order valence-corrected chi connectivity index (χ0v) is 22.1. The third-order valence-electron chi connectivity index (χ3n) is 7.17. The summed E-state index contributed by atoms with van der Waals surface area (Å²) in [5, 5.41) is 8.88. The van der Waals surface area contributed by atoms with Crippen LogP contribution in [0.3, 0.4) is 0 Å². The molecule has 1 heterocycles. The van der Waals surface area contributed by atoms with Crippen LogP contribution >= 0.6 is 0 Å². The molecule has 1 aromatic heterocycles. The van der Waals surface area contributed by atoms with E-state index in [0.717, 1.165) is 35.4 Å². The fourth-order valence-corrected chi connectivity index (χ4v) is 4.99. The quantitative estimate of drug-likeness (QED) is 0.147. The van der Waals surface area contributed by atoms with Crippen LogP contribution in [0.4, 0.5) is 0 Å². The monoisotopic (exact) mass is 461 g/mol. The fraction of sp³-hybridized carbons (Fsp3) is 0.793. The van der Waals surface area contributed by atoms with Gasteiger partial charge in [-0.05, 0) is 38.7 Å². The summed E-state index contributed by atoms with van der Waals surface area (Å²) < 4.78 is 2.08. The number of rotatable bonds is 21. The lowest BCUT2D eigenvalue weighted by atomic mass is 9.99. The van der Waals surface area contributed by atoms with Gasteiger partial charge in [-0.2, -0.15) is 0 Å². The molecule has 0 unspecified atom stereocenters. The highest BCUT2D eigenvalue weighted by Gasteiger charge is 2.20. The second-order valence-corrected chi connectivity index (χ2v) is 9.96. The van der Waals surface area contributed by atoms with Gasteiger partial charge in [0.1, 0.15) is 0 Å². The number of aromatic nitrogens is 1.